The Morgan fingerprint density at radius 3 is 1.14 bits per heavy atom. The zero-order valence-corrected chi connectivity index (χ0v) is 37.4. The Hall–Kier alpha value is -1.21. The minimum atomic E-state index is -1.25. The van der Waals surface area contributed by atoms with Gasteiger partial charge in [-0.25, -0.2) is 0 Å². The van der Waals surface area contributed by atoms with Crippen LogP contribution in [0.1, 0.15) is 258 Å². The third-order valence-electron chi connectivity index (χ3n) is 11.7. The molecule has 332 valence electrons. The molecule has 5 N–H and O–H groups in total. The molecule has 0 fully saturated rings. The number of hydrogen-bond donors (Lipinski definition) is 5. The van der Waals surface area contributed by atoms with Crippen molar-refractivity contribution in [1.82, 2.24) is 5.32 Å². The number of amides is 1. The maximum Gasteiger partial charge on any atom is 0.249 e. The van der Waals surface area contributed by atoms with Crippen LogP contribution in [0.25, 0.3) is 0 Å². The highest BCUT2D eigenvalue weighted by Gasteiger charge is 2.28. The number of nitrogens with one attached hydrogen (secondary N) is 1. The third kappa shape index (κ3) is 38.3. The number of hydrogen-bond acceptors (Lipinski definition) is 5. The van der Waals surface area contributed by atoms with E-state index in [1.165, 1.54) is 193 Å². The molecule has 0 spiro atoms. The molecule has 1 amide bonds. The predicted molar refractivity (Wildman–Crippen MR) is 242 cm³/mol. The second-order valence-electron chi connectivity index (χ2n) is 17.2. The summed E-state index contributed by atoms with van der Waals surface area (Å²) >= 11 is 0. The van der Waals surface area contributed by atoms with Gasteiger partial charge in [0, 0.05) is 0 Å². The van der Waals surface area contributed by atoms with Gasteiger partial charge >= 0.3 is 0 Å². The summed E-state index contributed by atoms with van der Waals surface area (Å²) in [6.07, 6.45) is 53.9. The van der Waals surface area contributed by atoms with Crippen molar-refractivity contribution < 1.29 is 25.2 Å². The fraction of sp³-hybridized carbons (Fsp3) is 0.900. The summed E-state index contributed by atoms with van der Waals surface area (Å²) in [4.78, 5) is 12.3. The van der Waals surface area contributed by atoms with E-state index in [1.807, 2.05) is 6.92 Å². The molecule has 0 aromatic heterocycles. The summed E-state index contributed by atoms with van der Waals surface area (Å²) in [7, 11) is 0. The maximum atomic E-state index is 12.3. The number of aliphatic hydroxyl groups excluding tert-OH is 4. The molecule has 56 heavy (non-hydrogen) atoms. The number of carbonyl (C=O) groups is 1. The van der Waals surface area contributed by atoms with Gasteiger partial charge in [0.25, 0.3) is 0 Å². The molecular weight excluding hydrogens is 695 g/mol. The van der Waals surface area contributed by atoms with Crippen molar-refractivity contribution in [2.24, 2.45) is 0 Å². The number of allylic oxidation sites excluding steroid dienone is 4. The summed E-state index contributed by atoms with van der Waals surface area (Å²) in [5.41, 5.74) is 0. The van der Waals surface area contributed by atoms with Crippen molar-refractivity contribution >= 4 is 5.91 Å². The zero-order chi connectivity index (χ0) is 41.0. The zero-order valence-electron chi connectivity index (χ0n) is 37.4. The predicted octanol–water partition coefficient (Wildman–Crippen LogP) is 13.5. The Morgan fingerprint density at radius 1 is 0.446 bits per heavy atom. The molecule has 4 atom stereocenters. The van der Waals surface area contributed by atoms with Crippen molar-refractivity contribution in [3.05, 3.63) is 24.3 Å². The molecule has 0 aliphatic rings. The number of carbonyl (C=O) groups excluding carboxylic acids is 1. The first-order chi connectivity index (χ1) is 27.5. The van der Waals surface area contributed by atoms with Crippen molar-refractivity contribution in [1.29, 1.82) is 0 Å². The second kappa shape index (κ2) is 44.9. The van der Waals surface area contributed by atoms with Crippen LogP contribution in [0.15, 0.2) is 24.3 Å². The number of rotatable bonds is 45. The molecular formula is C50H97NO5. The van der Waals surface area contributed by atoms with Gasteiger partial charge in [-0.15, -0.1) is 0 Å². The average molecular weight is 792 g/mol. The molecule has 0 aliphatic heterocycles. The normalized spacial score (nSPS) is 14.2. The van der Waals surface area contributed by atoms with E-state index in [0.29, 0.717) is 12.8 Å². The molecule has 0 aromatic carbocycles. The molecule has 0 aromatic rings. The lowest BCUT2D eigenvalue weighted by molar-refractivity contribution is -0.132. The van der Waals surface area contributed by atoms with E-state index < -0.39 is 36.9 Å². The van der Waals surface area contributed by atoms with Gasteiger partial charge in [0.05, 0.1) is 18.8 Å². The Labute approximate surface area is 348 Å². The van der Waals surface area contributed by atoms with Gasteiger partial charge in [0.15, 0.2) is 0 Å². The lowest BCUT2D eigenvalue weighted by atomic mass is 10.0. The standard InChI is InChI=1S/C50H97NO5/c1-3-5-7-8-9-10-11-12-13-14-15-16-17-18-19-20-21-22-23-24-25-26-27-28-29-30-31-32-33-34-35-36-37-38-39-40-41-42-44-48(54)50(56)51-46(45-52)49(55)47(53)43-6-4-2/h21-22,24-25,46-49,52-55H,3-20,23,26-45H2,1-2H3,(H,51,56)/b22-21-,25-24-. The van der Waals surface area contributed by atoms with Crippen molar-refractivity contribution in [2.45, 2.75) is 282 Å². The van der Waals surface area contributed by atoms with Crippen LogP contribution in [0.2, 0.25) is 0 Å². The summed E-state index contributed by atoms with van der Waals surface area (Å²) < 4.78 is 0. The van der Waals surface area contributed by atoms with E-state index in [-0.39, 0.29) is 0 Å². The van der Waals surface area contributed by atoms with Gasteiger partial charge < -0.3 is 25.7 Å². The van der Waals surface area contributed by atoms with Crippen LogP contribution in [0.5, 0.6) is 0 Å². The van der Waals surface area contributed by atoms with E-state index in [9.17, 15) is 25.2 Å². The van der Waals surface area contributed by atoms with Gasteiger partial charge in [-0.05, 0) is 44.9 Å². The van der Waals surface area contributed by atoms with Crippen LogP contribution in [0.4, 0.5) is 0 Å². The monoisotopic (exact) mass is 792 g/mol. The smallest absolute Gasteiger partial charge is 0.249 e. The average Bonchev–Trinajstić information content (AvgIpc) is 3.20. The van der Waals surface area contributed by atoms with Gasteiger partial charge in [0.2, 0.25) is 5.91 Å². The highest BCUT2D eigenvalue weighted by Crippen LogP contribution is 2.17. The van der Waals surface area contributed by atoms with Gasteiger partial charge in [-0.3, -0.25) is 4.79 Å². The Bertz CT molecular complexity index is 847. The van der Waals surface area contributed by atoms with Gasteiger partial charge in [-0.2, -0.15) is 0 Å². The minimum Gasteiger partial charge on any atom is -0.394 e. The molecule has 4 unspecified atom stereocenters. The van der Waals surface area contributed by atoms with Gasteiger partial charge in [-0.1, -0.05) is 237 Å². The van der Waals surface area contributed by atoms with E-state index in [4.69, 9.17) is 0 Å². The van der Waals surface area contributed by atoms with Crippen LogP contribution in [-0.4, -0.2) is 57.3 Å². The highest BCUT2D eigenvalue weighted by molar-refractivity contribution is 5.80. The summed E-state index contributed by atoms with van der Waals surface area (Å²) in [6.45, 7) is 3.80. The lowest BCUT2D eigenvalue weighted by Crippen LogP contribution is -2.53. The molecule has 0 rings (SSSR count). The summed E-state index contributed by atoms with van der Waals surface area (Å²) in [5.74, 6) is -0.594. The van der Waals surface area contributed by atoms with Crippen LogP contribution < -0.4 is 5.32 Å². The quantitative estimate of drug-likeness (QED) is 0.0312. The molecule has 0 aliphatic carbocycles. The first-order valence-electron chi connectivity index (χ1n) is 24.7. The Balaban J connectivity index is 3.39. The topological polar surface area (TPSA) is 110 Å². The Morgan fingerprint density at radius 2 is 0.786 bits per heavy atom. The highest BCUT2D eigenvalue weighted by atomic mass is 16.3. The fourth-order valence-corrected chi connectivity index (χ4v) is 7.72. The van der Waals surface area contributed by atoms with Crippen molar-refractivity contribution in [3.8, 4) is 0 Å². The second-order valence-corrected chi connectivity index (χ2v) is 17.2. The van der Waals surface area contributed by atoms with Crippen molar-refractivity contribution in [3.63, 3.8) is 0 Å². The van der Waals surface area contributed by atoms with Gasteiger partial charge in [0.1, 0.15) is 12.2 Å². The molecule has 0 saturated carbocycles. The third-order valence-corrected chi connectivity index (χ3v) is 11.7. The maximum absolute atomic E-state index is 12.3. The van der Waals surface area contributed by atoms with E-state index in [2.05, 4.69) is 36.5 Å². The number of unbranched alkanes of at least 4 members (excludes halogenated alkanes) is 32. The SMILES string of the molecule is CCCCCCCCCCCCCCCCC/C=C\C/C=C\CCCCCCCCCCCCCCCCCCC(O)C(=O)NC(CO)C(O)C(O)CCCC. The van der Waals surface area contributed by atoms with E-state index in [1.54, 1.807) is 0 Å². The fourth-order valence-electron chi connectivity index (χ4n) is 7.72. The summed E-state index contributed by atoms with van der Waals surface area (Å²) in [5, 5.41) is 42.6. The lowest BCUT2D eigenvalue weighted by Gasteiger charge is -2.27. The van der Waals surface area contributed by atoms with Crippen molar-refractivity contribution in [2.75, 3.05) is 6.61 Å². The van der Waals surface area contributed by atoms with E-state index in [0.717, 1.165) is 38.5 Å². The van der Waals surface area contributed by atoms with Crippen LogP contribution in [-0.2, 0) is 4.79 Å². The van der Waals surface area contributed by atoms with Crippen LogP contribution in [0, 0.1) is 0 Å². The van der Waals surface area contributed by atoms with Crippen LogP contribution >= 0.6 is 0 Å². The minimum absolute atomic E-state index is 0.369. The number of aliphatic hydroxyl groups is 4. The Kier molecular flexibility index (Phi) is 43.9. The molecule has 0 heterocycles. The molecule has 6 heteroatoms. The van der Waals surface area contributed by atoms with E-state index >= 15 is 0 Å². The first-order valence-corrected chi connectivity index (χ1v) is 24.7. The first kappa shape index (κ1) is 54.8. The van der Waals surface area contributed by atoms with Crippen LogP contribution in [0.3, 0.4) is 0 Å². The molecule has 0 radical (unpaired) electrons. The summed E-state index contributed by atoms with van der Waals surface area (Å²) in [6, 6.07) is -0.979. The molecule has 0 saturated heterocycles. The largest absolute Gasteiger partial charge is 0.394 e. The molecule has 6 nitrogen and oxygen atoms in total. The molecule has 0 bridgehead atoms.